The number of aromatic nitrogens is 2. The lowest BCUT2D eigenvalue weighted by Crippen LogP contribution is -2.49. The fourth-order valence-corrected chi connectivity index (χ4v) is 6.58. The van der Waals surface area contributed by atoms with Gasteiger partial charge in [-0.05, 0) is 50.8 Å². The van der Waals surface area contributed by atoms with Gasteiger partial charge in [-0.25, -0.2) is 4.98 Å². The van der Waals surface area contributed by atoms with Crippen LogP contribution in [0.4, 0.5) is 0 Å². The highest BCUT2D eigenvalue weighted by Gasteiger charge is 2.54. The van der Waals surface area contributed by atoms with Crippen molar-refractivity contribution in [3.63, 3.8) is 0 Å². The molecule has 34 heavy (non-hydrogen) atoms. The van der Waals surface area contributed by atoms with E-state index in [2.05, 4.69) is 16.4 Å². The maximum atomic E-state index is 13.3. The Morgan fingerprint density at radius 2 is 2.00 bits per heavy atom. The van der Waals surface area contributed by atoms with Crippen LogP contribution in [0.15, 0.2) is 30.5 Å². The first-order chi connectivity index (χ1) is 16.2. The van der Waals surface area contributed by atoms with E-state index in [9.17, 15) is 18.9 Å². The third-order valence-corrected chi connectivity index (χ3v) is 9.12. The number of benzene rings is 1. The quantitative estimate of drug-likeness (QED) is 0.557. The summed E-state index contributed by atoms with van der Waals surface area (Å²) < 4.78 is 13.9. The van der Waals surface area contributed by atoms with Crippen LogP contribution in [-0.2, 0) is 23.9 Å². The molecule has 1 aliphatic carbocycles. The Labute approximate surface area is 201 Å². The second kappa shape index (κ2) is 9.31. The highest BCUT2D eigenvalue weighted by molar-refractivity contribution is 7.88. The summed E-state index contributed by atoms with van der Waals surface area (Å²) in [7, 11) is -1.19. The molecule has 1 saturated carbocycles. The Morgan fingerprint density at radius 3 is 2.62 bits per heavy atom. The lowest BCUT2D eigenvalue weighted by atomic mass is 10.1. The van der Waals surface area contributed by atoms with Crippen LogP contribution in [0, 0.1) is 11.3 Å². The van der Waals surface area contributed by atoms with E-state index < -0.39 is 20.3 Å². The van der Waals surface area contributed by atoms with Gasteiger partial charge in [0, 0.05) is 48.3 Å². The number of nitriles is 1. The summed E-state index contributed by atoms with van der Waals surface area (Å²) in [6.07, 6.45) is 3.46. The third-order valence-electron chi connectivity index (χ3n) is 6.59. The molecule has 9 nitrogen and oxygen atoms in total. The van der Waals surface area contributed by atoms with Crippen molar-refractivity contribution in [1.29, 1.82) is 5.26 Å². The Kier molecular flexibility index (Phi) is 6.60. The second-order valence-corrected chi connectivity index (χ2v) is 12.0. The minimum atomic E-state index is -1.19. The van der Waals surface area contributed by atoms with Gasteiger partial charge < -0.3 is 19.9 Å². The second-order valence-electron chi connectivity index (χ2n) is 9.52. The van der Waals surface area contributed by atoms with E-state index in [1.165, 1.54) is 6.20 Å². The molecule has 1 fully saturated rings. The monoisotopic (exact) mass is 483 g/mol. The SMILES string of the molecule is CC(C)(CCO)S(=O)C1(CN2CCn3c(cnc3C(=O)NCc3ccc(C#N)cc3)C2=O)CC1. The summed E-state index contributed by atoms with van der Waals surface area (Å²) in [6.45, 7) is 5.31. The number of aliphatic hydroxyl groups is 1. The fourth-order valence-electron chi connectivity index (χ4n) is 4.39. The van der Waals surface area contributed by atoms with Gasteiger partial charge in [-0.15, -0.1) is 0 Å². The van der Waals surface area contributed by atoms with Crippen molar-refractivity contribution in [1.82, 2.24) is 19.8 Å². The number of hydrogen-bond donors (Lipinski definition) is 2. The normalized spacial score (nSPS) is 17.6. The summed E-state index contributed by atoms with van der Waals surface area (Å²) in [5.41, 5.74) is 1.76. The number of amides is 2. The zero-order valence-electron chi connectivity index (χ0n) is 19.4. The fraction of sp³-hybridized carbons (Fsp3) is 0.500. The van der Waals surface area contributed by atoms with Gasteiger partial charge in [0.15, 0.2) is 5.82 Å². The zero-order valence-corrected chi connectivity index (χ0v) is 20.2. The van der Waals surface area contributed by atoms with E-state index in [4.69, 9.17) is 5.26 Å². The average Bonchev–Trinajstić information content (AvgIpc) is 3.47. The van der Waals surface area contributed by atoms with Gasteiger partial charge in [0.05, 0.1) is 22.6 Å². The Morgan fingerprint density at radius 1 is 1.29 bits per heavy atom. The van der Waals surface area contributed by atoms with Gasteiger partial charge in [0.2, 0.25) is 0 Å². The van der Waals surface area contributed by atoms with Crippen molar-refractivity contribution in [3.8, 4) is 6.07 Å². The van der Waals surface area contributed by atoms with Crippen molar-refractivity contribution < 1.29 is 18.9 Å². The lowest BCUT2D eigenvalue weighted by molar-refractivity contribution is 0.0698. The van der Waals surface area contributed by atoms with E-state index in [1.807, 2.05) is 13.8 Å². The largest absolute Gasteiger partial charge is 0.396 e. The summed E-state index contributed by atoms with van der Waals surface area (Å²) >= 11 is 0. The van der Waals surface area contributed by atoms with Crippen molar-refractivity contribution in [3.05, 3.63) is 53.1 Å². The molecule has 10 heteroatoms. The standard InChI is InChI=1S/C24H29N5O4S/c1-23(2,9-12-30)34(33)24(7-8-24)16-28-10-11-29-19(22(28)32)15-26-20(29)21(31)27-14-18-5-3-17(13-25)4-6-18/h3-6,15,30H,7-12,14,16H2,1-2H3,(H,27,31). The third kappa shape index (κ3) is 4.63. The predicted molar refractivity (Wildman–Crippen MR) is 126 cm³/mol. The molecule has 2 aliphatic rings. The number of imidazole rings is 1. The van der Waals surface area contributed by atoms with Crippen LogP contribution in [0.3, 0.4) is 0 Å². The smallest absolute Gasteiger partial charge is 0.287 e. The number of rotatable bonds is 9. The number of carbonyl (C=O) groups is 2. The van der Waals surface area contributed by atoms with E-state index >= 15 is 0 Å². The molecule has 1 aromatic heterocycles. The summed E-state index contributed by atoms with van der Waals surface area (Å²) in [4.78, 5) is 31.8. The number of nitrogens with zero attached hydrogens (tertiary/aromatic N) is 4. The first-order valence-corrected chi connectivity index (χ1v) is 12.5. The molecule has 2 N–H and O–H groups in total. The molecule has 1 aromatic carbocycles. The molecule has 1 aliphatic heterocycles. The van der Waals surface area contributed by atoms with E-state index in [0.29, 0.717) is 37.3 Å². The van der Waals surface area contributed by atoms with Gasteiger partial charge in [0.25, 0.3) is 11.8 Å². The van der Waals surface area contributed by atoms with Crippen LogP contribution in [0.25, 0.3) is 0 Å². The molecule has 180 valence electrons. The number of nitrogens with one attached hydrogen (secondary N) is 1. The maximum Gasteiger partial charge on any atom is 0.287 e. The van der Waals surface area contributed by atoms with Crippen molar-refractivity contribution >= 4 is 22.6 Å². The van der Waals surface area contributed by atoms with Crippen LogP contribution in [-0.4, -0.2) is 64.8 Å². The van der Waals surface area contributed by atoms with Gasteiger partial charge in [-0.3, -0.25) is 13.8 Å². The Hall–Kier alpha value is -3.03. The zero-order chi connectivity index (χ0) is 24.5. The molecule has 0 radical (unpaired) electrons. The van der Waals surface area contributed by atoms with Gasteiger partial charge in [-0.1, -0.05) is 12.1 Å². The Bertz CT molecular complexity index is 1160. The first-order valence-electron chi connectivity index (χ1n) is 11.4. The molecule has 2 amide bonds. The van der Waals surface area contributed by atoms with Crippen LogP contribution in [0.1, 0.15) is 65.3 Å². The molecular formula is C24H29N5O4S. The molecule has 2 aromatic rings. The number of carbonyl (C=O) groups excluding carboxylic acids is 2. The topological polar surface area (TPSA) is 128 Å². The lowest BCUT2D eigenvalue weighted by Gasteiger charge is -2.35. The minimum absolute atomic E-state index is 0.0212. The highest BCUT2D eigenvalue weighted by atomic mass is 32.2. The molecule has 1 unspecified atom stereocenters. The van der Waals surface area contributed by atoms with Crippen molar-refractivity contribution in [2.75, 3.05) is 19.7 Å². The molecule has 1 atom stereocenters. The number of aliphatic hydroxyl groups excluding tert-OH is 1. The van der Waals surface area contributed by atoms with Gasteiger partial charge in [0.1, 0.15) is 5.69 Å². The molecule has 0 spiro atoms. The van der Waals surface area contributed by atoms with Gasteiger partial charge >= 0.3 is 0 Å². The van der Waals surface area contributed by atoms with Crippen LogP contribution in [0.2, 0.25) is 0 Å². The van der Waals surface area contributed by atoms with E-state index in [0.717, 1.165) is 18.4 Å². The van der Waals surface area contributed by atoms with Crippen LogP contribution in [0.5, 0.6) is 0 Å². The van der Waals surface area contributed by atoms with E-state index in [1.54, 1.807) is 33.7 Å². The first kappa shape index (κ1) is 24.1. The molecular weight excluding hydrogens is 454 g/mol. The summed E-state index contributed by atoms with van der Waals surface area (Å²) in [5, 5.41) is 21.0. The van der Waals surface area contributed by atoms with Crippen LogP contribution >= 0.6 is 0 Å². The summed E-state index contributed by atoms with van der Waals surface area (Å²) in [5.74, 6) is -0.402. The highest BCUT2D eigenvalue weighted by Crippen LogP contribution is 2.47. The minimum Gasteiger partial charge on any atom is -0.396 e. The average molecular weight is 484 g/mol. The number of hydrogen-bond acceptors (Lipinski definition) is 6. The van der Waals surface area contributed by atoms with Crippen molar-refractivity contribution in [2.24, 2.45) is 0 Å². The van der Waals surface area contributed by atoms with E-state index in [-0.39, 0.29) is 30.8 Å². The van der Waals surface area contributed by atoms with Crippen LogP contribution < -0.4 is 5.32 Å². The predicted octanol–water partition coefficient (Wildman–Crippen LogP) is 1.58. The molecule has 0 saturated heterocycles. The molecule has 2 heterocycles. The number of fused-ring (bicyclic) bond motifs is 1. The summed E-state index contributed by atoms with van der Waals surface area (Å²) in [6, 6.07) is 9.00. The maximum absolute atomic E-state index is 13.3. The van der Waals surface area contributed by atoms with Gasteiger partial charge in [-0.2, -0.15) is 5.26 Å². The van der Waals surface area contributed by atoms with Crippen molar-refractivity contribution in [2.45, 2.75) is 55.7 Å². The molecule has 0 bridgehead atoms. The molecule has 4 rings (SSSR count). The Balaban J connectivity index is 1.42.